The summed E-state index contributed by atoms with van der Waals surface area (Å²) in [7, 11) is -3.12. The zero-order valence-corrected chi connectivity index (χ0v) is 12.5. The van der Waals surface area contributed by atoms with E-state index in [1.165, 1.54) is 0 Å². The lowest BCUT2D eigenvalue weighted by atomic mass is 10.0. The Morgan fingerprint density at radius 1 is 1.24 bits per heavy atom. The molecule has 0 spiro atoms. The van der Waals surface area contributed by atoms with Gasteiger partial charge in [-0.15, -0.1) is 0 Å². The van der Waals surface area contributed by atoms with Gasteiger partial charge in [0.1, 0.15) is 0 Å². The van der Waals surface area contributed by atoms with Crippen LogP contribution in [-0.2, 0) is 14.8 Å². The maximum absolute atomic E-state index is 12.4. The minimum absolute atomic E-state index is 0.232. The number of sulfonamides is 1. The first-order chi connectivity index (χ1) is 8.01. The van der Waals surface area contributed by atoms with Crippen molar-refractivity contribution in [2.24, 2.45) is 5.92 Å². The van der Waals surface area contributed by atoms with Crippen LogP contribution in [0.25, 0.3) is 0 Å². The van der Waals surface area contributed by atoms with Gasteiger partial charge in [0.15, 0.2) is 0 Å². The first-order valence-electron chi connectivity index (χ1n) is 6.22. The van der Waals surface area contributed by atoms with Gasteiger partial charge in [-0.2, -0.15) is 0 Å². The average molecular weight is 326 g/mol. The van der Waals surface area contributed by atoms with Gasteiger partial charge in [0.05, 0.1) is 5.25 Å². The van der Waals surface area contributed by atoms with E-state index < -0.39 is 10.0 Å². The van der Waals surface area contributed by atoms with Crippen LogP contribution >= 0.6 is 15.9 Å². The second-order valence-corrected chi connectivity index (χ2v) is 8.39. The summed E-state index contributed by atoms with van der Waals surface area (Å²) in [5.41, 5.74) is 0. The van der Waals surface area contributed by atoms with Crippen molar-refractivity contribution in [3.05, 3.63) is 0 Å². The number of alkyl halides is 1. The summed E-state index contributed by atoms with van der Waals surface area (Å²) >= 11 is 3.58. The summed E-state index contributed by atoms with van der Waals surface area (Å²) in [5.74, 6) is 0.552. The first kappa shape index (κ1) is 13.8. The molecule has 2 rings (SSSR count). The van der Waals surface area contributed by atoms with Crippen molar-refractivity contribution in [3.63, 3.8) is 0 Å². The van der Waals surface area contributed by atoms with Gasteiger partial charge in [-0.3, -0.25) is 0 Å². The topological polar surface area (TPSA) is 46.6 Å². The Morgan fingerprint density at radius 2 is 1.88 bits per heavy atom. The molecule has 0 aromatic rings. The SMILES string of the molecule is CC1CCN(S(=O)(=O)C2CCOCC2)CC1Br. The van der Waals surface area contributed by atoms with Crippen LogP contribution in [0.1, 0.15) is 26.2 Å². The zero-order valence-electron chi connectivity index (χ0n) is 10.1. The first-order valence-corrected chi connectivity index (χ1v) is 8.64. The zero-order chi connectivity index (χ0) is 12.5. The average Bonchev–Trinajstić information content (AvgIpc) is 2.33. The van der Waals surface area contributed by atoms with Gasteiger partial charge < -0.3 is 4.74 Å². The van der Waals surface area contributed by atoms with Crippen LogP contribution in [0.15, 0.2) is 0 Å². The van der Waals surface area contributed by atoms with Crippen molar-refractivity contribution in [1.82, 2.24) is 4.31 Å². The number of ether oxygens (including phenoxy) is 1. The molecule has 4 nitrogen and oxygen atoms in total. The highest BCUT2D eigenvalue weighted by Gasteiger charge is 2.37. The maximum Gasteiger partial charge on any atom is 0.217 e. The van der Waals surface area contributed by atoms with E-state index in [1.54, 1.807) is 4.31 Å². The second kappa shape index (κ2) is 5.55. The van der Waals surface area contributed by atoms with E-state index in [0.717, 1.165) is 6.42 Å². The number of halogens is 1. The highest BCUT2D eigenvalue weighted by Crippen LogP contribution is 2.28. The number of rotatable bonds is 2. The quantitative estimate of drug-likeness (QED) is 0.724. The van der Waals surface area contributed by atoms with E-state index in [-0.39, 0.29) is 10.1 Å². The number of piperidine rings is 1. The molecule has 0 amide bonds. The third kappa shape index (κ3) is 3.03. The second-order valence-electron chi connectivity index (χ2n) is 5.00. The molecule has 0 aromatic carbocycles. The van der Waals surface area contributed by atoms with E-state index in [9.17, 15) is 8.42 Å². The van der Waals surface area contributed by atoms with Crippen molar-refractivity contribution >= 4 is 26.0 Å². The van der Waals surface area contributed by atoms with E-state index >= 15 is 0 Å². The summed E-state index contributed by atoms with van der Waals surface area (Å²) in [6.07, 6.45) is 2.22. The molecule has 6 heteroatoms. The lowest BCUT2D eigenvalue weighted by Gasteiger charge is -2.36. The molecule has 17 heavy (non-hydrogen) atoms. The molecule has 0 aromatic heterocycles. The molecular weight excluding hydrogens is 306 g/mol. The molecular formula is C11H20BrNO3S. The van der Waals surface area contributed by atoms with Crippen LogP contribution in [0.4, 0.5) is 0 Å². The lowest BCUT2D eigenvalue weighted by Crippen LogP contribution is -2.48. The molecule has 0 radical (unpaired) electrons. The molecule has 0 bridgehead atoms. The molecule has 2 heterocycles. The Kier molecular flexibility index (Phi) is 4.50. The van der Waals surface area contributed by atoms with Gasteiger partial charge in [-0.25, -0.2) is 12.7 Å². The maximum atomic E-state index is 12.4. The molecule has 2 atom stereocenters. The normalized spacial score (nSPS) is 33.8. The number of hydrogen-bond donors (Lipinski definition) is 0. The Bertz CT molecular complexity index is 354. The summed E-state index contributed by atoms with van der Waals surface area (Å²) < 4.78 is 31.8. The molecule has 2 aliphatic heterocycles. The minimum atomic E-state index is -3.12. The predicted octanol–water partition coefficient (Wildman–Crippen LogP) is 1.60. The van der Waals surface area contributed by atoms with Gasteiger partial charge in [0.25, 0.3) is 0 Å². The molecule has 2 fully saturated rings. The summed E-state index contributed by atoms with van der Waals surface area (Å²) in [5, 5.41) is -0.232. The van der Waals surface area contributed by atoms with Crippen molar-refractivity contribution in [3.8, 4) is 0 Å². The number of nitrogens with zero attached hydrogens (tertiary/aromatic N) is 1. The Balaban J connectivity index is 2.04. The van der Waals surface area contributed by atoms with Gasteiger partial charge in [-0.1, -0.05) is 22.9 Å². The predicted molar refractivity (Wildman–Crippen MR) is 70.8 cm³/mol. The standard InChI is InChI=1S/C11H20BrNO3S/c1-9-2-5-13(8-11(9)12)17(14,15)10-3-6-16-7-4-10/h9-11H,2-8H2,1H3. The van der Waals surface area contributed by atoms with E-state index in [4.69, 9.17) is 4.74 Å². The molecule has 2 aliphatic rings. The van der Waals surface area contributed by atoms with Crippen LogP contribution in [0.2, 0.25) is 0 Å². The molecule has 100 valence electrons. The molecule has 0 saturated carbocycles. The lowest BCUT2D eigenvalue weighted by molar-refractivity contribution is 0.0969. The van der Waals surface area contributed by atoms with Crippen LogP contribution in [0, 0.1) is 5.92 Å². The van der Waals surface area contributed by atoms with E-state index in [1.807, 2.05) is 0 Å². The smallest absolute Gasteiger partial charge is 0.217 e. The fourth-order valence-corrected chi connectivity index (χ4v) is 5.15. The fourth-order valence-electron chi connectivity index (χ4n) is 2.41. The van der Waals surface area contributed by atoms with Crippen molar-refractivity contribution in [2.75, 3.05) is 26.3 Å². The van der Waals surface area contributed by atoms with Crippen LogP contribution in [-0.4, -0.2) is 49.1 Å². The Hall–Kier alpha value is 0.350. The Morgan fingerprint density at radius 3 is 2.47 bits per heavy atom. The highest BCUT2D eigenvalue weighted by molar-refractivity contribution is 9.09. The van der Waals surface area contributed by atoms with E-state index in [0.29, 0.717) is 45.1 Å². The van der Waals surface area contributed by atoms with Gasteiger partial charge >= 0.3 is 0 Å². The monoisotopic (exact) mass is 325 g/mol. The van der Waals surface area contributed by atoms with Crippen LogP contribution < -0.4 is 0 Å². The largest absolute Gasteiger partial charge is 0.381 e. The third-order valence-electron chi connectivity index (χ3n) is 3.78. The van der Waals surface area contributed by atoms with Crippen molar-refractivity contribution in [1.29, 1.82) is 0 Å². The van der Waals surface area contributed by atoms with Crippen molar-refractivity contribution < 1.29 is 13.2 Å². The number of hydrogen-bond acceptors (Lipinski definition) is 3. The fraction of sp³-hybridized carbons (Fsp3) is 1.00. The minimum Gasteiger partial charge on any atom is -0.381 e. The molecule has 0 N–H and O–H groups in total. The highest BCUT2D eigenvalue weighted by atomic mass is 79.9. The van der Waals surface area contributed by atoms with Crippen LogP contribution in [0.5, 0.6) is 0 Å². The van der Waals surface area contributed by atoms with Gasteiger partial charge in [-0.05, 0) is 25.2 Å². The third-order valence-corrected chi connectivity index (χ3v) is 7.34. The molecule has 0 aliphatic carbocycles. The van der Waals surface area contributed by atoms with E-state index in [2.05, 4.69) is 22.9 Å². The van der Waals surface area contributed by atoms with Gasteiger partial charge in [0.2, 0.25) is 10.0 Å². The molecule has 2 unspecified atom stereocenters. The summed E-state index contributed by atoms with van der Waals surface area (Å²) in [6, 6.07) is 0. The Labute approximate surface area is 112 Å². The van der Waals surface area contributed by atoms with Crippen LogP contribution in [0.3, 0.4) is 0 Å². The van der Waals surface area contributed by atoms with Crippen molar-refractivity contribution in [2.45, 2.75) is 36.3 Å². The summed E-state index contributed by atoms with van der Waals surface area (Å²) in [4.78, 5) is 0.283. The molecule has 2 saturated heterocycles. The summed E-state index contributed by atoms with van der Waals surface area (Å²) in [6.45, 7) is 4.60. The van der Waals surface area contributed by atoms with Gasteiger partial charge in [0, 0.05) is 31.1 Å².